The third kappa shape index (κ3) is 5.01. The van der Waals surface area contributed by atoms with Gasteiger partial charge in [-0.1, -0.05) is 6.07 Å². The molecule has 0 aliphatic rings. The lowest BCUT2D eigenvalue weighted by Gasteiger charge is -2.22. The van der Waals surface area contributed by atoms with Crippen molar-refractivity contribution in [3.63, 3.8) is 0 Å². The standard InChI is InChI=1S/C14H15F4NO3/c1-13(2,3)22-12(21)19-11(7-20)8-4-5-10(15)9(6-8)14(16,17)18/h4-7,11H,1-3H3,(H,19,21). The fourth-order valence-corrected chi connectivity index (χ4v) is 1.58. The molecule has 0 aliphatic heterocycles. The van der Waals surface area contributed by atoms with E-state index in [1.54, 1.807) is 20.8 Å². The Hall–Kier alpha value is -2.12. The smallest absolute Gasteiger partial charge is 0.419 e. The monoisotopic (exact) mass is 321 g/mol. The van der Waals surface area contributed by atoms with E-state index < -0.39 is 35.3 Å². The van der Waals surface area contributed by atoms with Crippen LogP contribution in [-0.4, -0.2) is 18.0 Å². The van der Waals surface area contributed by atoms with E-state index in [0.717, 1.165) is 6.07 Å². The number of ether oxygens (including phenoxy) is 1. The number of amides is 1. The molecule has 8 heteroatoms. The topological polar surface area (TPSA) is 55.4 Å². The minimum atomic E-state index is -4.90. The number of halogens is 4. The fourth-order valence-electron chi connectivity index (χ4n) is 1.58. The molecule has 1 atom stereocenters. The fraction of sp³-hybridized carbons (Fsp3) is 0.429. The number of alkyl carbamates (subject to hydrolysis) is 1. The van der Waals surface area contributed by atoms with Crippen molar-refractivity contribution in [1.82, 2.24) is 5.32 Å². The van der Waals surface area contributed by atoms with E-state index in [1.807, 2.05) is 0 Å². The van der Waals surface area contributed by atoms with E-state index in [4.69, 9.17) is 4.74 Å². The van der Waals surface area contributed by atoms with Gasteiger partial charge in [0.15, 0.2) is 0 Å². The molecule has 1 amide bonds. The van der Waals surface area contributed by atoms with Gasteiger partial charge >= 0.3 is 12.3 Å². The van der Waals surface area contributed by atoms with Crippen LogP contribution in [0.1, 0.15) is 37.9 Å². The van der Waals surface area contributed by atoms with E-state index in [9.17, 15) is 27.2 Å². The van der Waals surface area contributed by atoms with Crippen LogP contribution in [0.5, 0.6) is 0 Å². The van der Waals surface area contributed by atoms with Crippen molar-refractivity contribution in [2.75, 3.05) is 0 Å². The Morgan fingerprint density at radius 1 is 1.27 bits per heavy atom. The molecule has 4 nitrogen and oxygen atoms in total. The van der Waals surface area contributed by atoms with Crippen LogP contribution < -0.4 is 5.32 Å². The van der Waals surface area contributed by atoms with Crippen molar-refractivity contribution in [3.8, 4) is 0 Å². The molecule has 0 fully saturated rings. The number of rotatable bonds is 3. The van der Waals surface area contributed by atoms with E-state index in [2.05, 4.69) is 5.32 Å². The summed E-state index contributed by atoms with van der Waals surface area (Å²) in [7, 11) is 0. The van der Waals surface area contributed by atoms with Gasteiger partial charge in [0.1, 0.15) is 23.7 Å². The van der Waals surface area contributed by atoms with Gasteiger partial charge in [-0.3, -0.25) is 0 Å². The molecule has 0 saturated carbocycles. The van der Waals surface area contributed by atoms with E-state index in [-0.39, 0.29) is 11.8 Å². The third-order valence-electron chi connectivity index (χ3n) is 2.46. The molecule has 1 unspecified atom stereocenters. The largest absolute Gasteiger partial charge is 0.444 e. The van der Waals surface area contributed by atoms with Crippen molar-refractivity contribution in [1.29, 1.82) is 0 Å². The summed E-state index contributed by atoms with van der Waals surface area (Å²) < 4.78 is 56.0. The number of nitrogens with one attached hydrogen (secondary N) is 1. The second-order valence-electron chi connectivity index (χ2n) is 5.50. The lowest BCUT2D eigenvalue weighted by atomic mass is 10.0. The quantitative estimate of drug-likeness (QED) is 0.683. The molecule has 22 heavy (non-hydrogen) atoms. The van der Waals surface area contributed by atoms with Gasteiger partial charge in [0.25, 0.3) is 0 Å². The summed E-state index contributed by atoms with van der Waals surface area (Å²) >= 11 is 0. The minimum Gasteiger partial charge on any atom is -0.444 e. The first-order chi connectivity index (χ1) is 9.94. The highest BCUT2D eigenvalue weighted by atomic mass is 19.4. The molecule has 0 spiro atoms. The molecule has 0 saturated heterocycles. The maximum atomic E-state index is 13.2. The highest BCUT2D eigenvalue weighted by Gasteiger charge is 2.35. The third-order valence-corrected chi connectivity index (χ3v) is 2.46. The van der Waals surface area contributed by atoms with Crippen LogP contribution in [0.15, 0.2) is 18.2 Å². The molecule has 1 aromatic rings. The highest BCUT2D eigenvalue weighted by molar-refractivity contribution is 5.74. The second-order valence-corrected chi connectivity index (χ2v) is 5.50. The van der Waals surface area contributed by atoms with Crippen molar-refractivity contribution < 1.29 is 31.9 Å². The molecule has 122 valence electrons. The number of alkyl halides is 3. The zero-order valence-corrected chi connectivity index (χ0v) is 12.1. The predicted octanol–water partition coefficient (Wildman–Crippen LogP) is 3.61. The molecule has 0 heterocycles. The minimum absolute atomic E-state index is 0.199. The number of benzene rings is 1. The van der Waals surface area contributed by atoms with E-state index >= 15 is 0 Å². The van der Waals surface area contributed by atoms with Gasteiger partial charge in [0.05, 0.1) is 5.56 Å². The Morgan fingerprint density at radius 3 is 2.32 bits per heavy atom. The average Bonchev–Trinajstić information content (AvgIpc) is 2.33. The molecule has 1 aromatic carbocycles. The maximum Gasteiger partial charge on any atom is 0.419 e. The van der Waals surface area contributed by atoms with Crippen molar-refractivity contribution in [3.05, 3.63) is 35.1 Å². The Balaban J connectivity index is 3.01. The molecule has 1 rings (SSSR count). The van der Waals surface area contributed by atoms with Gasteiger partial charge in [0, 0.05) is 0 Å². The zero-order valence-electron chi connectivity index (χ0n) is 12.1. The lowest BCUT2D eigenvalue weighted by Crippen LogP contribution is -2.35. The van der Waals surface area contributed by atoms with Gasteiger partial charge in [-0.05, 0) is 38.5 Å². The molecular weight excluding hydrogens is 306 g/mol. The molecule has 0 bridgehead atoms. The predicted molar refractivity (Wildman–Crippen MR) is 69.6 cm³/mol. The SMILES string of the molecule is CC(C)(C)OC(=O)NC(C=O)c1ccc(F)c(C(F)(F)F)c1. The van der Waals surface area contributed by atoms with Crippen LogP contribution in [0.25, 0.3) is 0 Å². The number of hydrogen-bond donors (Lipinski definition) is 1. The Kier molecular flexibility index (Phi) is 5.16. The summed E-state index contributed by atoms with van der Waals surface area (Å²) in [5.41, 5.74) is -2.55. The number of hydrogen-bond acceptors (Lipinski definition) is 3. The molecule has 1 N–H and O–H groups in total. The summed E-state index contributed by atoms with van der Waals surface area (Å²) in [4.78, 5) is 22.6. The van der Waals surface area contributed by atoms with Crippen LogP contribution in [0, 0.1) is 5.82 Å². The van der Waals surface area contributed by atoms with Crippen molar-refractivity contribution >= 4 is 12.4 Å². The summed E-state index contributed by atoms with van der Waals surface area (Å²) in [5, 5.41) is 2.12. The van der Waals surface area contributed by atoms with Crippen LogP contribution in [0.3, 0.4) is 0 Å². The van der Waals surface area contributed by atoms with E-state index in [0.29, 0.717) is 12.1 Å². The van der Waals surface area contributed by atoms with Gasteiger partial charge in [-0.15, -0.1) is 0 Å². The Bertz CT molecular complexity index is 564. The van der Waals surface area contributed by atoms with Gasteiger partial charge in [-0.25, -0.2) is 9.18 Å². The number of carbonyl (C=O) groups is 2. The maximum absolute atomic E-state index is 13.2. The number of carbonyl (C=O) groups excluding carboxylic acids is 2. The molecule has 0 radical (unpaired) electrons. The summed E-state index contributed by atoms with van der Waals surface area (Å²) in [6.45, 7) is 4.76. The summed E-state index contributed by atoms with van der Waals surface area (Å²) in [6.07, 6.45) is -5.64. The van der Waals surface area contributed by atoms with Crippen LogP contribution in [-0.2, 0) is 15.7 Å². The average molecular weight is 321 g/mol. The molecule has 0 aliphatic carbocycles. The van der Waals surface area contributed by atoms with Crippen LogP contribution >= 0.6 is 0 Å². The summed E-state index contributed by atoms with van der Waals surface area (Å²) in [5.74, 6) is -1.46. The van der Waals surface area contributed by atoms with Crippen molar-refractivity contribution in [2.24, 2.45) is 0 Å². The first-order valence-corrected chi connectivity index (χ1v) is 6.25. The first kappa shape index (κ1) is 17.9. The van der Waals surface area contributed by atoms with Crippen molar-refractivity contribution in [2.45, 2.75) is 38.6 Å². The molecule has 0 aromatic heterocycles. The summed E-state index contributed by atoms with van der Waals surface area (Å²) in [6, 6.07) is 0.676. The van der Waals surface area contributed by atoms with E-state index in [1.165, 1.54) is 0 Å². The van der Waals surface area contributed by atoms with Gasteiger partial charge in [-0.2, -0.15) is 13.2 Å². The Labute approximate surface area is 124 Å². The highest BCUT2D eigenvalue weighted by Crippen LogP contribution is 2.32. The lowest BCUT2D eigenvalue weighted by molar-refractivity contribution is -0.140. The Morgan fingerprint density at radius 2 is 1.86 bits per heavy atom. The molecular formula is C14H15F4NO3. The van der Waals surface area contributed by atoms with Crippen LogP contribution in [0.4, 0.5) is 22.4 Å². The normalized spacial score (nSPS) is 13.4. The first-order valence-electron chi connectivity index (χ1n) is 6.25. The zero-order chi connectivity index (χ0) is 17.1. The van der Waals surface area contributed by atoms with Crippen LogP contribution in [0.2, 0.25) is 0 Å². The van der Waals surface area contributed by atoms with Gasteiger partial charge in [0.2, 0.25) is 0 Å². The second kappa shape index (κ2) is 6.33. The number of aldehydes is 1. The van der Waals surface area contributed by atoms with Gasteiger partial charge < -0.3 is 14.8 Å².